The number of ether oxygens (including phenoxy) is 1. The first-order chi connectivity index (χ1) is 9.16. The van der Waals surface area contributed by atoms with Crippen LogP contribution >= 0.6 is 11.8 Å². The molecule has 0 saturated heterocycles. The maximum atomic E-state index is 11.6. The second-order valence-corrected chi connectivity index (χ2v) is 5.58. The summed E-state index contributed by atoms with van der Waals surface area (Å²) in [5, 5.41) is 0.147. The van der Waals surface area contributed by atoms with Crippen LogP contribution in [0.4, 0.5) is 0 Å². The van der Waals surface area contributed by atoms with Gasteiger partial charge in [0.2, 0.25) is 0 Å². The first kappa shape index (κ1) is 13.9. The number of ketones is 1. The SMILES string of the molecule is CC(=O)SCCC=Cc1ccc2c(c1)OCCC2=O. The summed E-state index contributed by atoms with van der Waals surface area (Å²) < 4.78 is 5.49. The molecule has 0 N–H and O–H groups in total. The van der Waals surface area contributed by atoms with E-state index in [1.165, 1.54) is 11.8 Å². The molecule has 0 saturated carbocycles. The molecule has 2 rings (SSSR count). The van der Waals surface area contributed by atoms with Gasteiger partial charge in [-0.15, -0.1) is 0 Å². The topological polar surface area (TPSA) is 43.4 Å². The van der Waals surface area contributed by atoms with E-state index in [2.05, 4.69) is 0 Å². The van der Waals surface area contributed by atoms with Gasteiger partial charge in [-0.3, -0.25) is 9.59 Å². The number of rotatable bonds is 4. The van der Waals surface area contributed by atoms with E-state index in [-0.39, 0.29) is 10.9 Å². The molecule has 0 atom stereocenters. The van der Waals surface area contributed by atoms with Crippen molar-refractivity contribution in [1.82, 2.24) is 0 Å². The predicted molar refractivity (Wildman–Crippen MR) is 77.7 cm³/mol. The van der Waals surface area contributed by atoms with Crippen molar-refractivity contribution in [3.8, 4) is 5.75 Å². The largest absolute Gasteiger partial charge is 0.492 e. The van der Waals surface area contributed by atoms with Gasteiger partial charge in [0.1, 0.15) is 5.75 Å². The van der Waals surface area contributed by atoms with Crippen molar-refractivity contribution < 1.29 is 14.3 Å². The van der Waals surface area contributed by atoms with E-state index in [0.29, 0.717) is 24.3 Å². The molecule has 0 bridgehead atoms. The van der Waals surface area contributed by atoms with Crippen LogP contribution in [0.15, 0.2) is 24.3 Å². The quantitative estimate of drug-likeness (QED) is 0.791. The molecule has 1 aromatic carbocycles. The van der Waals surface area contributed by atoms with Crippen molar-refractivity contribution >= 4 is 28.7 Å². The summed E-state index contributed by atoms with van der Waals surface area (Å²) in [6.45, 7) is 2.04. The number of hydrogen-bond donors (Lipinski definition) is 0. The van der Waals surface area contributed by atoms with Crippen LogP contribution in [0, 0.1) is 0 Å². The number of benzene rings is 1. The summed E-state index contributed by atoms with van der Waals surface area (Å²) in [4.78, 5) is 22.4. The second-order valence-electron chi connectivity index (χ2n) is 4.31. The fraction of sp³-hybridized carbons (Fsp3) is 0.333. The Labute approximate surface area is 117 Å². The van der Waals surface area contributed by atoms with E-state index in [9.17, 15) is 9.59 Å². The third kappa shape index (κ3) is 3.96. The molecule has 1 aliphatic rings. The molecule has 1 aliphatic heterocycles. The van der Waals surface area contributed by atoms with Gasteiger partial charge in [0, 0.05) is 19.1 Å². The van der Waals surface area contributed by atoms with Crippen LogP contribution in [0.5, 0.6) is 5.75 Å². The van der Waals surface area contributed by atoms with Gasteiger partial charge < -0.3 is 4.74 Å². The average Bonchev–Trinajstić information content (AvgIpc) is 2.38. The normalized spacial score (nSPS) is 14.3. The summed E-state index contributed by atoms with van der Waals surface area (Å²) in [7, 11) is 0. The highest BCUT2D eigenvalue weighted by Crippen LogP contribution is 2.26. The Bertz CT molecular complexity index is 520. The maximum absolute atomic E-state index is 11.6. The molecular formula is C15H16O3S. The number of carbonyl (C=O) groups is 2. The molecule has 3 nitrogen and oxygen atoms in total. The molecule has 0 amide bonds. The molecule has 0 unspecified atom stereocenters. The number of hydrogen-bond acceptors (Lipinski definition) is 4. The molecule has 0 fully saturated rings. The molecule has 19 heavy (non-hydrogen) atoms. The van der Waals surface area contributed by atoms with Crippen LogP contribution in [-0.2, 0) is 4.79 Å². The Kier molecular flexibility index (Phi) is 4.80. The summed E-state index contributed by atoms with van der Waals surface area (Å²) in [5.74, 6) is 1.62. The van der Waals surface area contributed by atoms with Crippen molar-refractivity contribution in [3.63, 3.8) is 0 Å². The van der Waals surface area contributed by atoms with Gasteiger partial charge in [-0.25, -0.2) is 0 Å². The van der Waals surface area contributed by atoms with Gasteiger partial charge >= 0.3 is 0 Å². The minimum atomic E-state index is 0.147. The summed E-state index contributed by atoms with van der Waals surface area (Å²) in [6, 6.07) is 5.63. The van der Waals surface area contributed by atoms with Crippen LogP contribution in [0.3, 0.4) is 0 Å². The third-order valence-corrected chi connectivity index (χ3v) is 3.64. The number of thioether (sulfide) groups is 1. The lowest BCUT2D eigenvalue weighted by atomic mass is 10.0. The van der Waals surface area contributed by atoms with Gasteiger partial charge in [0.05, 0.1) is 12.2 Å². The second kappa shape index (κ2) is 6.57. The summed E-state index contributed by atoms with van der Waals surface area (Å²) in [5.41, 5.74) is 1.69. The van der Waals surface area contributed by atoms with E-state index in [4.69, 9.17) is 4.74 Å². The highest BCUT2D eigenvalue weighted by Gasteiger charge is 2.17. The molecule has 100 valence electrons. The minimum absolute atomic E-state index is 0.147. The van der Waals surface area contributed by atoms with Gasteiger partial charge in [-0.1, -0.05) is 30.0 Å². The van der Waals surface area contributed by atoms with Crippen molar-refractivity contribution in [3.05, 3.63) is 35.4 Å². The molecule has 4 heteroatoms. The van der Waals surface area contributed by atoms with Gasteiger partial charge in [0.15, 0.2) is 10.9 Å². The van der Waals surface area contributed by atoms with Gasteiger partial charge in [-0.05, 0) is 24.1 Å². The zero-order valence-corrected chi connectivity index (χ0v) is 11.7. The zero-order valence-electron chi connectivity index (χ0n) is 10.8. The highest BCUT2D eigenvalue weighted by atomic mass is 32.2. The fourth-order valence-electron chi connectivity index (χ4n) is 1.87. The summed E-state index contributed by atoms with van der Waals surface area (Å²) >= 11 is 1.33. The smallest absolute Gasteiger partial charge is 0.185 e. The van der Waals surface area contributed by atoms with Crippen molar-refractivity contribution in [2.24, 2.45) is 0 Å². The van der Waals surface area contributed by atoms with E-state index >= 15 is 0 Å². The van der Waals surface area contributed by atoms with E-state index in [0.717, 1.165) is 17.7 Å². The van der Waals surface area contributed by atoms with Crippen LogP contribution in [-0.4, -0.2) is 23.3 Å². The lowest BCUT2D eigenvalue weighted by molar-refractivity contribution is -0.109. The number of fused-ring (bicyclic) bond motifs is 1. The number of Topliss-reactive ketones (excluding diaryl/α,β-unsaturated/α-hetero) is 1. The summed E-state index contributed by atoms with van der Waals surface area (Å²) in [6.07, 6.45) is 5.33. The number of allylic oxidation sites excluding steroid dienone is 1. The van der Waals surface area contributed by atoms with Crippen LogP contribution in [0.1, 0.15) is 35.7 Å². The van der Waals surface area contributed by atoms with E-state index < -0.39 is 0 Å². The van der Waals surface area contributed by atoms with Gasteiger partial charge in [-0.2, -0.15) is 0 Å². The molecule has 0 radical (unpaired) electrons. The first-order valence-corrected chi connectivity index (χ1v) is 7.25. The first-order valence-electron chi connectivity index (χ1n) is 6.27. The molecule has 1 aromatic rings. The Morgan fingerprint density at radius 2 is 2.32 bits per heavy atom. The van der Waals surface area contributed by atoms with Gasteiger partial charge in [0.25, 0.3) is 0 Å². The third-order valence-electron chi connectivity index (χ3n) is 2.79. The van der Waals surface area contributed by atoms with Crippen molar-refractivity contribution in [2.75, 3.05) is 12.4 Å². The predicted octanol–water partition coefficient (Wildman–Crippen LogP) is 3.33. The average molecular weight is 276 g/mol. The lowest BCUT2D eigenvalue weighted by Crippen LogP contribution is -2.15. The fourth-order valence-corrected chi connectivity index (χ4v) is 2.41. The molecular weight excluding hydrogens is 260 g/mol. The Hall–Kier alpha value is -1.55. The monoisotopic (exact) mass is 276 g/mol. The molecule has 0 aliphatic carbocycles. The van der Waals surface area contributed by atoms with Crippen LogP contribution in [0.25, 0.3) is 6.08 Å². The molecule has 1 heterocycles. The Morgan fingerprint density at radius 3 is 3.11 bits per heavy atom. The molecule has 0 spiro atoms. The van der Waals surface area contributed by atoms with E-state index in [1.54, 1.807) is 6.92 Å². The minimum Gasteiger partial charge on any atom is -0.492 e. The highest BCUT2D eigenvalue weighted by molar-refractivity contribution is 8.13. The lowest BCUT2D eigenvalue weighted by Gasteiger charge is -2.16. The van der Waals surface area contributed by atoms with Crippen LogP contribution in [0.2, 0.25) is 0 Å². The van der Waals surface area contributed by atoms with Crippen molar-refractivity contribution in [1.29, 1.82) is 0 Å². The van der Waals surface area contributed by atoms with Crippen LogP contribution < -0.4 is 4.74 Å². The number of carbonyl (C=O) groups excluding carboxylic acids is 2. The standard InChI is InChI=1S/C15H16O3S/c1-11(16)19-9-3-2-4-12-5-6-13-14(17)7-8-18-15(13)10-12/h2,4-6,10H,3,7-9H2,1H3. The Balaban J connectivity index is 1.96. The maximum Gasteiger partial charge on any atom is 0.185 e. The van der Waals surface area contributed by atoms with Crippen molar-refractivity contribution in [2.45, 2.75) is 19.8 Å². The zero-order chi connectivity index (χ0) is 13.7. The molecule has 0 aromatic heterocycles. The Morgan fingerprint density at radius 1 is 1.47 bits per heavy atom. The van der Waals surface area contributed by atoms with E-state index in [1.807, 2.05) is 30.4 Å².